The average molecular weight is 322 g/mol. The minimum Gasteiger partial charge on any atom is -0.494 e. The molecule has 21 heavy (non-hydrogen) atoms. The van der Waals surface area contributed by atoms with E-state index in [0.717, 1.165) is 33.5 Å². The molecule has 112 valence electrons. The summed E-state index contributed by atoms with van der Waals surface area (Å²) in [6.45, 7) is 4.87. The van der Waals surface area contributed by atoms with Crippen LogP contribution in [-0.2, 0) is 0 Å². The molecule has 0 bridgehead atoms. The number of hydrogen-bond donors (Lipinski definition) is 1. The van der Waals surface area contributed by atoms with Gasteiger partial charge in [-0.15, -0.1) is 11.8 Å². The van der Waals surface area contributed by atoms with Gasteiger partial charge in [-0.2, -0.15) is 0 Å². The van der Waals surface area contributed by atoms with Crippen molar-refractivity contribution in [1.29, 1.82) is 0 Å². The zero-order valence-electron chi connectivity index (χ0n) is 12.4. The Balaban J connectivity index is 1.76. The second kappa shape index (κ2) is 7.62. The van der Waals surface area contributed by atoms with E-state index in [2.05, 4.69) is 32.0 Å². The maximum absolute atomic E-state index is 5.97. The Morgan fingerprint density at radius 3 is 2.52 bits per heavy atom. The van der Waals surface area contributed by atoms with Crippen LogP contribution < -0.4 is 10.5 Å². The largest absolute Gasteiger partial charge is 0.494 e. The van der Waals surface area contributed by atoms with Gasteiger partial charge in [-0.3, -0.25) is 0 Å². The molecule has 0 heterocycles. The van der Waals surface area contributed by atoms with Crippen molar-refractivity contribution in [2.75, 3.05) is 18.1 Å². The summed E-state index contributed by atoms with van der Waals surface area (Å²) in [6, 6.07) is 11.8. The van der Waals surface area contributed by atoms with Crippen LogP contribution in [0.1, 0.15) is 17.5 Å². The van der Waals surface area contributed by atoms with Crippen molar-refractivity contribution in [2.45, 2.75) is 25.2 Å². The summed E-state index contributed by atoms with van der Waals surface area (Å²) in [5.41, 5.74) is 9.15. The fourth-order valence-corrected chi connectivity index (χ4v) is 3.24. The summed E-state index contributed by atoms with van der Waals surface area (Å²) < 4.78 is 5.79. The van der Waals surface area contributed by atoms with E-state index in [4.69, 9.17) is 22.1 Å². The Kier molecular flexibility index (Phi) is 5.83. The van der Waals surface area contributed by atoms with Gasteiger partial charge in [0.15, 0.2) is 0 Å². The van der Waals surface area contributed by atoms with Crippen LogP contribution in [0.2, 0.25) is 5.02 Å². The first kappa shape index (κ1) is 16.1. The van der Waals surface area contributed by atoms with Crippen LogP contribution >= 0.6 is 23.4 Å². The van der Waals surface area contributed by atoms with Gasteiger partial charge in [0.1, 0.15) is 5.75 Å². The summed E-state index contributed by atoms with van der Waals surface area (Å²) in [7, 11) is 0. The lowest BCUT2D eigenvalue weighted by molar-refractivity contribution is 0.318. The molecule has 0 amide bonds. The van der Waals surface area contributed by atoms with Crippen LogP contribution in [0.5, 0.6) is 5.75 Å². The maximum atomic E-state index is 5.97. The van der Waals surface area contributed by atoms with Crippen LogP contribution in [-0.4, -0.2) is 12.4 Å². The van der Waals surface area contributed by atoms with Crippen LogP contribution in [0.15, 0.2) is 41.3 Å². The molecule has 0 spiro atoms. The number of nitrogen functional groups attached to an aromatic ring is 1. The van der Waals surface area contributed by atoms with Crippen LogP contribution in [0.4, 0.5) is 5.69 Å². The quantitative estimate of drug-likeness (QED) is 0.456. The van der Waals surface area contributed by atoms with Crippen molar-refractivity contribution in [2.24, 2.45) is 0 Å². The smallest absolute Gasteiger partial charge is 0.119 e. The monoisotopic (exact) mass is 321 g/mol. The Labute approximate surface area is 135 Å². The first-order chi connectivity index (χ1) is 10.0. The standard InChI is InChI=1S/C17H20ClNOS/c1-12-8-13(2)10-15(9-12)20-6-3-7-21-17-11-14(18)4-5-16(17)19/h4-5,8-11H,3,6-7,19H2,1-2H3. The van der Waals surface area contributed by atoms with E-state index in [1.165, 1.54) is 11.1 Å². The van der Waals surface area contributed by atoms with Gasteiger partial charge in [-0.25, -0.2) is 0 Å². The maximum Gasteiger partial charge on any atom is 0.119 e. The molecule has 0 aromatic heterocycles. The zero-order chi connectivity index (χ0) is 15.2. The van der Waals surface area contributed by atoms with E-state index in [1.54, 1.807) is 11.8 Å². The third kappa shape index (κ3) is 5.18. The molecular weight excluding hydrogens is 302 g/mol. The Hall–Kier alpha value is -1.32. The van der Waals surface area contributed by atoms with Crippen molar-refractivity contribution in [1.82, 2.24) is 0 Å². The molecule has 0 radical (unpaired) electrons. The summed E-state index contributed by atoms with van der Waals surface area (Å²) >= 11 is 7.69. The van der Waals surface area contributed by atoms with E-state index in [1.807, 2.05) is 18.2 Å². The van der Waals surface area contributed by atoms with Gasteiger partial charge in [-0.1, -0.05) is 17.7 Å². The number of anilines is 1. The number of ether oxygens (including phenoxy) is 1. The predicted octanol–water partition coefficient (Wildman–Crippen LogP) is 5.10. The third-order valence-electron chi connectivity index (χ3n) is 2.99. The molecule has 2 aromatic carbocycles. The van der Waals surface area contributed by atoms with E-state index in [9.17, 15) is 0 Å². The number of thioether (sulfide) groups is 1. The van der Waals surface area contributed by atoms with Gasteiger partial charge in [0.25, 0.3) is 0 Å². The number of nitrogens with two attached hydrogens (primary N) is 1. The van der Waals surface area contributed by atoms with Crippen molar-refractivity contribution in [3.05, 3.63) is 52.5 Å². The van der Waals surface area contributed by atoms with Gasteiger partial charge in [0.05, 0.1) is 6.61 Å². The lowest BCUT2D eigenvalue weighted by Gasteiger charge is -2.09. The highest BCUT2D eigenvalue weighted by Gasteiger charge is 2.02. The first-order valence-corrected chi connectivity index (χ1v) is 8.30. The number of hydrogen-bond acceptors (Lipinski definition) is 3. The third-order valence-corrected chi connectivity index (χ3v) is 4.38. The summed E-state index contributed by atoms with van der Waals surface area (Å²) in [4.78, 5) is 1.04. The van der Waals surface area contributed by atoms with E-state index in [0.29, 0.717) is 6.61 Å². The molecule has 0 unspecified atom stereocenters. The molecule has 2 N–H and O–H groups in total. The molecule has 0 aliphatic rings. The number of benzene rings is 2. The first-order valence-electron chi connectivity index (χ1n) is 6.93. The van der Waals surface area contributed by atoms with Crippen molar-refractivity contribution < 1.29 is 4.74 Å². The minimum absolute atomic E-state index is 0.705. The highest BCUT2D eigenvalue weighted by molar-refractivity contribution is 7.99. The van der Waals surface area contributed by atoms with Gasteiger partial charge in [0.2, 0.25) is 0 Å². The van der Waals surface area contributed by atoms with Crippen molar-refractivity contribution in [3.8, 4) is 5.75 Å². The number of aryl methyl sites for hydroxylation is 2. The summed E-state index contributed by atoms with van der Waals surface area (Å²) in [5.74, 6) is 1.90. The fourth-order valence-electron chi connectivity index (χ4n) is 2.08. The molecule has 2 aromatic rings. The molecular formula is C17H20ClNOS. The molecule has 0 aliphatic carbocycles. The Morgan fingerprint density at radius 1 is 1.10 bits per heavy atom. The van der Waals surface area contributed by atoms with Crippen LogP contribution in [0, 0.1) is 13.8 Å². The molecule has 0 fully saturated rings. The predicted molar refractivity (Wildman–Crippen MR) is 92.6 cm³/mol. The van der Waals surface area contributed by atoms with Crippen molar-refractivity contribution >= 4 is 29.1 Å². The molecule has 0 aliphatic heterocycles. The van der Waals surface area contributed by atoms with Crippen LogP contribution in [0.25, 0.3) is 0 Å². The topological polar surface area (TPSA) is 35.2 Å². The fraction of sp³-hybridized carbons (Fsp3) is 0.294. The van der Waals surface area contributed by atoms with E-state index < -0.39 is 0 Å². The van der Waals surface area contributed by atoms with Gasteiger partial charge in [-0.05, 0) is 61.7 Å². The van der Waals surface area contributed by atoms with Crippen molar-refractivity contribution in [3.63, 3.8) is 0 Å². The number of rotatable bonds is 6. The second-order valence-corrected chi connectivity index (χ2v) is 6.63. The molecule has 0 saturated heterocycles. The summed E-state index contributed by atoms with van der Waals surface area (Å²) in [6.07, 6.45) is 0.962. The molecule has 0 saturated carbocycles. The lowest BCUT2D eigenvalue weighted by atomic mass is 10.1. The van der Waals surface area contributed by atoms with E-state index in [-0.39, 0.29) is 0 Å². The second-order valence-electron chi connectivity index (χ2n) is 5.06. The Morgan fingerprint density at radius 2 is 1.81 bits per heavy atom. The van der Waals surface area contributed by atoms with Gasteiger partial charge in [0, 0.05) is 21.4 Å². The molecule has 2 rings (SSSR count). The molecule has 4 heteroatoms. The van der Waals surface area contributed by atoms with Crippen LogP contribution in [0.3, 0.4) is 0 Å². The average Bonchev–Trinajstić information content (AvgIpc) is 2.41. The normalized spacial score (nSPS) is 10.6. The summed E-state index contributed by atoms with van der Waals surface area (Å²) in [5, 5.41) is 0.721. The van der Waals surface area contributed by atoms with Gasteiger partial charge < -0.3 is 10.5 Å². The van der Waals surface area contributed by atoms with Gasteiger partial charge >= 0.3 is 0 Å². The number of halogens is 1. The SMILES string of the molecule is Cc1cc(C)cc(OCCCSc2cc(Cl)ccc2N)c1. The molecule has 0 atom stereocenters. The highest BCUT2D eigenvalue weighted by Crippen LogP contribution is 2.28. The van der Waals surface area contributed by atoms with E-state index >= 15 is 0 Å². The Bertz CT molecular complexity index is 595. The molecule has 2 nitrogen and oxygen atoms in total. The lowest BCUT2D eigenvalue weighted by Crippen LogP contribution is -1.99. The highest BCUT2D eigenvalue weighted by atomic mass is 35.5. The minimum atomic E-state index is 0.705. The zero-order valence-corrected chi connectivity index (χ0v) is 13.9.